The highest BCUT2D eigenvalue weighted by molar-refractivity contribution is 7.91. The molecule has 1 unspecified atom stereocenters. The molecule has 1 aromatic heterocycles. The third kappa shape index (κ3) is 3.69. The monoisotopic (exact) mass is 321 g/mol. The number of para-hydroxylation sites is 1. The Kier molecular flexibility index (Phi) is 4.22. The molecule has 1 aromatic carbocycles. The number of hydrogen-bond acceptors (Lipinski definition) is 5. The van der Waals surface area contributed by atoms with Crippen LogP contribution < -0.4 is 4.74 Å². The molecule has 3 rings (SSSR count). The molecule has 0 N–H and O–H groups in total. The van der Waals surface area contributed by atoms with Gasteiger partial charge in [-0.3, -0.25) is 4.90 Å². The summed E-state index contributed by atoms with van der Waals surface area (Å²) in [7, 11) is -0.943. The van der Waals surface area contributed by atoms with E-state index < -0.39 is 9.84 Å². The SMILES string of the molecule is CN(Cc1ccc(Oc2ccccc2)o1)C1CCS(=O)(=O)C1. The molecule has 0 radical (unpaired) electrons. The molecule has 5 nitrogen and oxygen atoms in total. The lowest BCUT2D eigenvalue weighted by Gasteiger charge is -2.21. The van der Waals surface area contributed by atoms with E-state index in [0.29, 0.717) is 18.9 Å². The van der Waals surface area contributed by atoms with Gasteiger partial charge in [0.1, 0.15) is 11.5 Å². The molecule has 1 fully saturated rings. The van der Waals surface area contributed by atoms with Crippen molar-refractivity contribution in [3.8, 4) is 11.7 Å². The van der Waals surface area contributed by atoms with Gasteiger partial charge in [0.2, 0.25) is 0 Å². The number of benzene rings is 1. The van der Waals surface area contributed by atoms with E-state index in [0.717, 1.165) is 11.5 Å². The number of ether oxygens (including phenoxy) is 1. The van der Waals surface area contributed by atoms with Crippen LogP contribution in [0.25, 0.3) is 0 Å². The highest BCUT2D eigenvalue weighted by Crippen LogP contribution is 2.25. The van der Waals surface area contributed by atoms with Gasteiger partial charge >= 0.3 is 0 Å². The standard InChI is InChI=1S/C16H19NO4S/c1-17(13-9-10-22(18,19)12-13)11-15-7-8-16(21-15)20-14-5-3-2-4-6-14/h2-8,13H,9-12H2,1H3. The minimum Gasteiger partial charge on any atom is -0.429 e. The summed E-state index contributed by atoms with van der Waals surface area (Å²) in [5.74, 6) is 2.44. The zero-order chi connectivity index (χ0) is 15.6. The van der Waals surface area contributed by atoms with Crippen LogP contribution in [0.3, 0.4) is 0 Å². The van der Waals surface area contributed by atoms with Crippen LogP contribution in [-0.4, -0.2) is 37.9 Å². The lowest BCUT2D eigenvalue weighted by molar-refractivity contribution is 0.224. The molecular formula is C16H19NO4S. The van der Waals surface area contributed by atoms with Crippen LogP contribution in [0.1, 0.15) is 12.2 Å². The second kappa shape index (κ2) is 6.14. The Morgan fingerprint density at radius 1 is 1.23 bits per heavy atom. The molecule has 1 aliphatic heterocycles. The van der Waals surface area contributed by atoms with E-state index >= 15 is 0 Å². The second-order valence-corrected chi connectivity index (χ2v) is 7.84. The normalized spacial score (nSPS) is 20.4. The zero-order valence-corrected chi connectivity index (χ0v) is 13.3. The molecule has 1 saturated heterocycles. The van der Waals surface area contributed by atoms with Gasteiger partial charge in [-0.05, 0) is 31.7 Å². The fourth-order valence-electron chi connectivity index (χ4n) is 2.60. The topological polar surface area (TPSA) is 59.8 Å². The lowest BCUT2D eigenvalue weighted by Crippen LogP contribution is -2.31. The van der Waals surface area contributed by atoms with Crippen LogP contribution in [0, 0.1) is 0 Å². The molecule has 6 heteroatoms. The van der Waals surface area contributed by atoms with E-state index in [4.69, 9.17) is 9.15 Å². The molecule has 2 aromatic rings. The minimum absolute atomic E-state index is 0.0635. The van der Waals surface area contributed by atoms with Crippen LogP contribution in [0.5, 0.6) is 11.7 Å². The van der Waals surface area contributed by atoms with Crippen LogP contribution in [0.15, 0.2) is 46.9 Å². The smallest absolute Gasteiger partial charge is 0.290 e. The minimum atomic E-state index is -2.87. The predicted octanol–water partition coefficient (Wildman–Crippen LogP) is 2.69. The van der Waals surface area contributed by atoms with Crippen molar-refractivity contribution in [2.24, 2.45) is 0 Å². The summed E-state index contributed by atoms with van der Waals surface area (Å²) in [4.78, 5) is 2.02. The Morgan fingerprint density at radius 2 is 2.00 bits per heavy atom. The molecule has 0 spiro atoms. The molecule has 1 aliphatic rings. The van der Waals surface area contributed by atoms with Crippen LogP contribution in [-0.2, 0) is 16.4 Å². The number of nitrogens with zero attached hydrogens (tertiary/aromatic N) is 1. The van der Waals surface area contributed by atoms with Gasteiger partial charge in [-0.2, -0.15) is 0 Å². The number of sulfone groups is 1. The van der Waals surface area contributed by atoms with Gasteiger partial charge < -0.3 is 9.15 Å². The van der Waals surface area contributed by atoms with Crippen LogP contribution in [0.2, 0.25) is 0 Å². The second-order valence-electron chi connectivity index (χ2n) is 5.61. The van der Waals surface area contributed by atoms with Crippen LogP contribution >= 0.6 is 0 Å². The first-order valence-electron chi connectivity index (χ1n) is 7.24. The average molecular weight is 321 g/mol. The highest BCUT2D eigenvalue weighted by atomic mass is 32.2. The summed E-state index contributed by atoms with van der Waals surface area (Å²) >= 11 is 0. The van der Waals surface area contributed by atoms with Gasteiger partial charge in [-0.25, -0.2) is 8.42 Å². The molecule has 0 bridgehead atoms. The summed E-state index contributed by atoms with van der Waals surface area (Å²) in [6.07, 6.45) is 0.687. The fraction of sp³-hybridized carbons (Fsp3) is 0.375. The predicted molar refractivity (Wildman–Crippen MR) is 83.7 cm³/mol. The van der Waals surface area contributed by atoms with Gasteiger partial charge in [0.25, 0.3) is 5.95 Å². The van der Waals surface area contributed by atoms with Gasteiger partial charge in [0.15, 0.2) is 9.84 Å². The number of rotatable bonds is 5. The molecule has 22 heavy (non-hydrogen) atoms. The van der Waals surface area contributed by atoms with Crippen molar-refractivity contribution in [2.45, 2.75) is 19.0 Å². The first-order chi connectivity index (χ1) is 10.5. The Bertz CT molecular complexity index is 724. The maximum absolute atomic E-state index is 11.5. The van der Waals surface area contributed by atoms with E-state index in [9.17, 15) is 8.42 Å². The van der Waals surface area contributed by atoms with E-state index in [2.05, 4.69) is 0 Å². The van der Waals surface area contributed by atoms with Gasteiger partial charge in [0, 0.05) is 12.1 Å². The van der Waals surface area contributed by atoms with Gasteiger partial charge in [-0.15, -0.1) is 0 Å². The van der Waals surface area contributed by atoms with E-state index in [1.165, 1.54) is 0 Å². The lowest BCUT2D eigenvalue weighted by atomic mass is 10.2. The summed E-state index contributed by atoms with van der Waals surface area (Å²) in [5.41, 5.74) is 0. The molecular weight excluding hydrogens is 302 g/mol. The van der Waals surface area contributed by atoms with E-state index in [1.807, 2.05) is 48.3 Å². The molecule has 1 atom stereocenters. The van der Waals surface area contributed by atoms with Crippen molar-refractivity contribution in [1.82, 2.24) is 4.90 Å². The summed E-state index contributed by atoms with van der Waals surface area (Å²) in [6, 6.07) is 13.1. The molecule has 0 saturated carbocycles. The molecule has 0 aliphatic carbocycles. The Hall–Kier alpha value is -1.79. The van der Waals surface area contributed by atoms with Crippen LogP contribution in [0.4, 0.5) is 0 Å². The van der Waals surface area contributed by atoms with Crippen molar-refractivity contribution in [3.05, 3.63) is 48.2 Å². The van der Waals surface area contributed by atoms with Crippen molar-refractivity contribution in [3.63, 3.8) is 0 Å². The molecule has 0 amide bonds. The zero-order valence-electron chi connectivity index (χ0n) is 12.4. The number of hydrogen-bond donors (Lipinski definition) is 0. The Morgan fingerprint density at radius 3 is 2.68 bits per heavy atom. The van der Waals surface area contributed by atoms with Crippen molar-refractivity contribution in [2.75, 3.05) is 18.6 Å². The molecule has 2 heterocycles. The summed E-state index contributed by atoms with van der Waals surface area (Å²) in [6.45, 7) is 0.568. The first kappa shape index (κ1) is 15.1. The maximum atomic E-state index is 11.5. The molecule has 118 valence electrons. The third-order valence-electron chi connectivity index (χ3n) is 3.84. The average Bonchev–Trinajstić information content (AvgIpc) is 3.06. The summed E-state index contributed by atoms with van der Waals surface area (Å²) in [5, 5.41) is 0. The maximum Gasteiger partial charge on any atom is 0.290 e. The number of furan rings is 1. The quantitative estimate of drug-likeness (QED) is 0.847. The van der Waals surface area contributed by atoms with Crippen molar-refractivity contribution < 1.29 is 17.6 Å². The van der Waals surface area contributed by atoms with Gasteiger partial charge in [-0.1, -0.05) is 18.2 Å². The highest BCUT2D eigenvalue weighted by Gasteiger charge is 2.30. The first-order valence-corrected chi connectivity index (χ1v) is 9.06. The summed E-state index contributed by atoms with van der Waals surface area (Å²) < 4.78 is 34.3. The van der Waals surface area contributed by atoms with E-state index in [1.54, 1.807) is 6.07 Å². The Labute approximate surface area is 130 Å². The largest absolute Gasteiger partial charge is 0.429 e. The van der Waals surface area contributed by atoms with Crippen molar-refractivity contribution in [1.29, 1.82) is 0 Å². The van der Waals surface area contributed by atoms with Crippen molar-refractivity contribution >= 4 is 9.84 Å². The third-order valence-corrected chi connectivity index (χ3v) is 5.59. The fourth-order valence-corrected chi connectivity index (χ4v) is 4.41. The Balaban J connectivity index is 1.60. The van der Waals surface area contributed by atoms with Gasteiger partial charge in [0.05, 0.1) is 18.1 Å². The van der Waals surface area contributed by atoms with E-state index in [-0.39, 0.29) is 17.5 Å².